The number of rotatable bonds is 9. The monoisotopic (exact) mass is 441 g/mol. The molecule has 4 aromatic rings. The summed E-state index contributed by atoms with van der Waals surface area (Å²) >= 11 is 1.64. The summed E-state index contributed by atoms with van der Waals surface area (Å²) in [7, 11) is 0. The summed E-state index contributed by atoms with van der Waals surface area (Å²) < 4.78 is 26.7. The predicted octanol–water partition coefficient (Wildman–Crippen LogP) is 5.42. The molecule has 162 valence electrons. The van der Waals surface area contributed by atoms with Crippen molar-refractivity contribution in [3.05, 3.63) is 53.9 Å². The number of benzene rings is 1. The van der Waals surface area contributed by atoms with Crippen molar-refractivity contribution in [3.63, 3.8) is 0 Å². The van der Waals surface area contributed by atoms with Crippen LogP contribution in [0, 0.1) is 18.7 Å². The standard InChI is InChI=1S/C22H24FN5O2S/c1-14(2)13-28-21(18-6-4-10-29-18)25-26-22(28)31-11-5-7-19-24-20(27-30-19)16-9-8-15(3)17(23)12-16/h4,6,8-10,12,14H,5,7,11,13H2,1-3H3. The summed E-state index contributed by atoms with van der Waals surface area (Å²) in [6.07, 6.45) is 3.11. The SMILES string of the molecule is Cc1ccc(-c2noc(CCCSc3nnc(-c4ccco4)n3CC(C)C)n2)cc1F. The summed E-state index contributed by atoms with van der Waals surface area (Å²) in [5, 5.41) is 13.5. The minimum Gasteiger partial charge on any atom is -0.461 e. The third-order valence-electron chi connectivity index (χ3n) is 4.67. The van der Waals surface area contributed by atoms with Crippen LogP contribution in [0.25, 0.3) is 23.0 Å². The van der Waals surface area contributed by atoms with Crippen molar-refractivity contribution in [2.24, 2.45) is 5.92 Å². The van der Waals surface area contributed by atoms with Crippen LogP contribution >= 0.6 is 11.8 Å². The number of aryl methyl sites for hydroxylation is 2. The normalized spacial score (nSPS) is 11.5. The van der Waals surface area contributed by atoms with Crippen molar-refractivity contribution in [1.82, 2.24) is 24.9 Å². The lowest BCUT2D eigenvalue weighted by Crippen LogP contribution is -2.07. The second-order valence-electron chi connectivity index (χ2n) is 7.72. The molecule has 0 amide bonds. The van der Waals surface area contributed by atoms with E-state index in [2.05, 4.69) is 38.8 Å². The van der Waals surface area contributed by atoms with Gasteiger partial charge < -0.3 is 8.94 Å². The first-order chi connectivity index (χ1) is 15.0. The lowest BCUT2D eigenvalue weighted by molar-refractivity contribution is 0.378. The molecule has 0 saturated heterocycles. The first-order valence-electron chi connectivity index (χ1n) is 10.2. The van der Waals surface area contributed by atoms with Gasteiger partial charge in [0.25, 0.3) is 0 Å². The maximum absolute atomic E-state index is 13.8. The van der Waals surface area contributed by atoms with Gasteiger partial charge in [-0.1, -0.05) is 42.9 Å². The molecular formula is C22H24FN5O2S. The van der Waals surface area contributed by atoms with Gasteiger partial charge in [-0.15, -0.1) is 10.2 Å². The molecule has 0 radical (unpaired) electrons. The zero-order valence-electron chi connectivity index (χ0n) is 17.7. The maximum Gasteiger partial charge on any atom is 0.226 e. The minimum atomic E-state index is -0.278. The molecule has 0 saturated carbocycles. The first kappa shape index (κ1) is 21.3. The van der Waals surface area contributed by atoms with Crippen molar-refractivity contribution in [3.8, 4) is 23.0 Å². The zero-order valence-corrected chi connectivity index (χ0v) is 18.5. The molecule has 0 aliphatic carbocycles. The molecule has 3 aromatic heterocycles. The average molecular weight is 442 g/mol. The smallest absolute Gasteiger partial charge is 0.226 e. The first-order valence-corrected chi connectivity index (χ1v) is 11.2. The van der Waals surface area contributed by atoms with Crippen molar-refractivity contribution in [2.45, 2.75) is 45.3 Å². The minimum absolute atomic E-state index is 0.278. The van der Waals surface area contributed by atoms with Gasteiger partial charge >= 0.3 is 0 Å². The van der Waals surface area contributed by atoms with Crippen LogP contribution in [0.3, 0.4) is 0 Å². The summed E-state index contributed by atoms with van der Waals surface area (Å²) in [6, 6.07) is 8.67. The van der Waals surface area contributed by atoms with Crippen LogP contribution in [0.2, 0.25) is 0 Å². The molecule has 0 aliphatic heterocycles. The molecule has 9 heteroatoms. The van der Waals surface area contributed by atoms with E-state index >= 15 is 0 Å². The lowest BCUT2D eigenvalue weighted by Gasteiger charge is -2.11. The van der Waals surface area contributed by atoms with Crippen molar-refractivity contribution in [2.75, 3.05) is 5.75 Å². The molecule has 0 unspecified atom stereocenters. The van der Waals surface area contributed by atoms with Crippen molar-refractivity contribution >= 4 is 11.8 Å². The molecule has 7 nitrogen and oxygen atoms in total. The Balaban J connectivity index is 1.36. The fraction of sp³-hybridized carbons (Fsp3) is 0.364. The second kappa shape index (κ2) is 9.47. The topological polar surface area (TPSA) is 82.8 Å². The molecule has 0 spiro atoms. The molecule has 3 heterocycles. The molecular weight excluding hydrogens is 417 g/mol. The Kier molecular flexibility index (Phi) is 6.50. The Morgan fingerprint density at radius 1 is 1.19 bits per heavy atom. The van der Waals surface area contributed by atoms with E-state index in [-0.39, 0.29) is 5.82 Å². The quantitative estimate of drug-likeness (QED) is 0.253. The Hall–Kier alpha value is -2.94. The number of halogens is 1. The van der Waals surface area contributed by atoms with Crippen molar-refractivity contribution in [1.29, 1.82) is 0 Å². The number of hydrogen-bond acceptors (Lipinski definition) is 7. The van der Waals surface area contributed by atoms with E-state index in [0.29, 0.717) is 40.9 Å². The van der Waals surface area contributed by atoms with E-state index in [9.17, 15) is 4.39 Å². The fourth-order valence-electron chi connectivity index (χ4n) is 3.11. The molecule has 0 N–H and O–H groups in total. The number of aromatic nitrogens is 5. The lowest BCUT2D eigenvalue weighted by atomic mass is 10.1. The maximum atomic E-state index is 13.8. The van der Waals surface area contributed by atoms with Gasteiger partial charge in [-0.2, -0.15) is 4.98 Å². The molecule has 0 aliphatic rings. The van der Waals surface area contributed by atoms with Crippen molar-refractivity contribution < 1.29 is 13.3 Å². The van der Waals surface area contributed by atoms with Gasteiger partial charge in [-0.3, -0.25) is 4.57 Å². The molecule has 0 atom stereocenters. The van der Waals surface area contributed by atoms with Crippen LogP contribution in [-0.2, 0) is 13.0 Å². The Labute approximate surface area is 184 Å². The van der Waals surface area contributed by atoms with E-state index in [1.807, 2.05) is 12.1 Å². The van der Waals surface area contributed by atoms with Gasteiger partial charge in [0.15, 0.2) is 16.7 Å². The van der Waals surface area contributed by atoms with E-state index in [1.54, 1.807) is 37.1 Å². The molecule has 31 heavy (non-hydrogen) atoms. The largest absolute Gasteiger partial charge is 0.461 e. The Bertz CT molecular complexity index is 1140. The summed E-state index contributed by atoms with van der Waals surface area (Å²) in [5.41, 5.74) is 1.20. The molecule has 0 bridgehead atoms. The van der Waals surface area contributed by atoms with Crippen LogP contribution in [0.1, 0.15) is 31.7 Å². The second-order valence-corrected chi connectivity index (χ2v) is 8.78. The number of hydrogen-bond donors (Lipinski definition) is 0. The summed E-state index contributed by atoms with van der Waals surface area (Å²) in [5.74, 6) is 3.40. The van der Waals surface area contributed by atoms with Gasteiger partial charge in [0.1, 0.15) is 5.82 Å². The highest BCUT2D eigenvalue weighted by Crippen LogP contribution is 2.26. The van der Waals surface area contributed by atoms with Gasteiger partial charge in [-0.25, -0.2) is 4.39 Å². The van der Waals surface area contributed by atoms with Crippen LogP contribution in [0.15, 0.2) is 50.7 Å². The summed E-state index contributed by atoms with van der Waals surface area (Å²) in [6.45, 7) is 6.85. The molecule has 0 fully saturated rings. The highest BCUT2D eigenvalue weighted by atomic mass is 32.2. The third-order valence-corrected chi connectivity index (χ3v) is 5.72. The van der Waals surface area contributed by atoms with Gasteiger partial charge in [-0.05, 0) is 43.0 Å². The van der Waals surface area contributed by atoms with E-state index in [1.165, 1.54) is 6.07 Å². The predicted molar refractivity (Wildman–Crippen MR) is 116 cm³/mol. The summed E-state index contributed by atoms with van der Waals surface area (Å²) in [4.78, 5) is 4.39. The van der Waals surface area contributed by atoms with Crippen LogP contribution < -0.4 is 0 Å². The molecule has 4 rings (SSSR count). The average Bonchev–Trinajstić information content (AvgIpc) is 3.48. The van der Waals surface area contributed by atoms with Gasteiger partial charge in [0.2, 0.25) is 11.7 Å². The molecule has 1 aromatic carbocycles. The number of nitrogens with zero attached hydrogens (tertiary/aromatic N) is 5. The van der Waals surface area contributed by atoms with E-state index in [4.69, 9.17) is 8.94 Å². The number of thioether (sulfide) groups is 1. The Morgan fingerprint density at radius 3 is 2.81 bits per heavy atom. The van der Waals surface area contributed by atoms with E-state index in [0.717, 1.165) is 29.7 Å². The Morgan fingerprint density at radius 2 is 2.06 bits per heavy atom. The van der Waals surface area contributed by atoms with Crippen LogP contribution in [0.4, 0.5) is 4.39 Å². The van der Waals surface area contributed by atoms with Crippen LogP contribution in [-0.4, -0.2) is 30.7 Å². The van der Waals surface area contributed by atoms with Crippen LogP contribution in [0.5, 0.6) is 0 Å². The van der Waals surface area contributed by atoms with E-state index < -0.39 is 0 Å². The number of furan rings is 1. The third kappa shape index (κ3) is 5.04. The fourth-order valence-corrected chi connectivity index (χ4v) is 3.99. The zero-order chi connectivity index (χ0) is 21.8. The highest BCUT2D eigenvalue weighted by molar-refractivity contribution is 7.99. The van der Waals surface area contributed by atoms with Gasteiger partial charge in [0.05, 0.1) is 6.26 Å². The van der Waals surface area contributed by atoms with Gasteiger partial charge in [0, 0.05) is 24.3 Å². The highest BCUT2D eigenvalue weighted by Gasteiger charge is 2.17.